The highest BCUT2D eigenvalue weighted by Gasteiger charge is 2.23. The maximum atomic E-state index is 12.7. The number of hydrogen-bond acceptors (Lipinski definition) is 5. The summed E-state index contributed by atoms with van der Waals surface area (Å²) in [5.74, 6) is -0.302. The first-order chi connectivity index (χ1) is 13.5. The van der Waals surface area contributed by atoms with E-state index >= 15 is 0 Å². The molecule has 0 saturated heterocycles. The number of benzene rings is 1. The monoisotopic (exact) mass is 417 g/mol. The van der Waals surface area contributed by atoms with Gasteiger partial charge in [-0.1, -0.05) is 12.2 Å². The molecule has 0 atom stereocenters. The van der Waals surface area contributed by atoms with E-state index in [-0.39, 0.29) is 23.9 Å². The van der Waals surface area contributed by atoms with Gasteiger partial charge in [0.15, 0.2) is 5.13 Å². The third-order valence-corrected chi connectivity index (χ3v) is 7.40. The first kappa shape index (κ1) is 20.4. The van der Waals surface area contributed by atoms with Crippen molar-refractivity contribution in [2.45, 2.75) is 30.6 Å². The van der Waals surface area contributed by atoms with Gasteiger partial charge in [0.1, 0.15) is 0 Å². The van der Waals surface area contributed by atoms with Gasteiger partial charge in [-0.25, -0.2) is 13.4 Å². The van der Waals surface area contributed by atoms with Crippen molar-refractivity contribution in [1.29, 1.82) is 0 Å². The Morgan fingerprint density at radius 3 is 2.39 bits per heavy atom. The minimum atomic E-state index is -3.68. The van der Waals surface area contributed by atoms with Crippen molar-refractivity contribution in [2.75, 3.05) is 18.4 Å². The van der Waals surface area contributed by atoms with Crippen LogP contribution in [0.1, 0.15) is 33.8 Å². The van der Waals surface area contributed by atoms with Gasteiger partial charge < -0.3 is 0 Å². The normalized spacial score (nSPS) is 13.8. The number of thiazole rings is 1. The molecule has 1 amide bonds. The number of nitrogens with zero attached hydrogens (tertiary/aromatic N) is 2. The number of hydrogen-bond donors (Lipinski definition) is 1. The number of sulfonamides is 1. The molecule has 0 radical (unpaired) electrons. The van der Waals surface area contributed by atoms with Crippen LogP contribution in [0.15, 0.2) is 54.5 Å². The van der Waals surface area contributed by atoms with Crippen LogP contribution in [0.2, 0.25) is 0 Å². The molecule has 0 bridgehead atoms. The van der Waals surface area contributed by atoms with Gasteiger partial charge in [-0.05, 0) is 49.9 Å². The Labute approximate surface area is 169 Å². The Morgan fingerprint density at radius 1 is 1.14 bits per heavy atom. The molecule has 6 nitrogen and oxygen atoms in total. The van der Waals surface area contributed by atoms with Crippen LogP contribution in [0.4, 0.5) is 5.13 Å². The first-order valence-corrected chi connectivity index (χ1v) is 11.3. The molecule has 0 saturated carbocycles. The van der Waals surface area contributed by atoms with E-state index in [0.29, 0.717) is 10.7 Å². The Hall–Kier alpha value is -2.29. The zero-order valence-corrected chi connectivity index (χ0v) is 17.2. The van der Waals surface area contributed by atoms with Gasteiger partial charge in [0.25, 0.3) is 5.91 Å². The number of anilines is 1. The predicted molar refractivity (Wildman–Crippen MR) is 112 cm³/mol. The molecule has 0 aliphatic heterocycles. The van der Waals surface area contributed by atoms with Crippen LogP contribution in [-0.4, -0.2) is 36.7 Å². The largest absolute Gasteiger partial charge is 0.298 e. The van der Waals surface area contributed by atoms with E-state index in [1.165, 1.54) is 56.9 Å². The number of carbonyl (C=O) groups excluding carboxylic acids is 1. The molecule has 28 heavy (non-hydrogen) atoms. The van der Waals surface area contributed by atoms with Crippen LogP contribution in [-0.2, 0) is 22.9 Å². The molecule has 1 aromatic heterocycles. The van der Waals surface area contributed by atoms with Gasteiger partial charge in [-0.3, -0.25) is 10.1 Å². The summed E-state index contributed by atoms with van der Waals surface area (Å²) in [5, 5.41) is 3.41. The van der Waals surface area contributed by atoms with Crippen molar-refractivity contribution >= 4 is 32.4 Å². The number of aromatic nitrogens is 1. The van der Waals surface area contributed by atoms with Gasteiger partial charge in [0.2, 0.25) is 10.0 Å². The lowest BCUT2D eigenvalue weighted by Crippen LogP contribution is -2.31. The molecule has 3 rings (SSSR count). The van der Waals surface area contributed by atoms with Crippen LogP contribution >= 0.6 is 11.3 Å². The highest BCUT2D eigenvalue weighted by molar-refractivity contribution is 7.89. The highest BCUT2D eigenvalue weighted by Crippen LogP contribution is 2.29. The fourth-order valence-corrected chi connectivity index (χ4v) is 5.49. The van der Waals surface area contributed by atoms with Crippen molar-refractivity contribution in [3.63, 3.8) is 0 Å². The summed E-state index contributed by atoms with van der Waals surface area (Å²) in [6.07, 6.45) is 7.32. The molecule has 1 aromatic carbocycles. The van der Waals surface area contributed by atoms with E-state index in [2.05, 4.69) is 23.5 Å². The van der Waals surface area contributed by atoms with Crippen molar-refractivity contribution in [3.8, 4) is 0 Å². The topological polar surface area (TPSA) is 79.4 Å². The van der Waals surface area contributed by atoms with Gasteiger partial charge >= 0.3 is 0 Å². The van der Waals surface area contributed by atoms with E-state index < -0.39 is 10.0 Å². The summed E-state index contributed by atoms with van der Waals surface area (Å²) in [7, 11) is -3.68. The fraction of sp³-hybridized carbons (Fsp3) is 0.300. The van der Waals surface area contributed by atoms with E-state index in [4.69, 9.17) is 0 Å². The third-order valence-electron chi connectivity index (χ3n) is 4.49. The highest BCUT2D eigenvalue weighted by atomic mass is 32.2. The maximum Gasteiger partial charge on any atom is 0.257 e. The minimum absolute atomic E-state index is 0.123. The predicted octanol–water partition coefficient (Wildman–Crippen LogP) is 3.64. The second kappa shape index (κ2) is 8.81. The van der Waals surface area contributed by atoms with Gasteiger partial charge in [-0.2, -0.15) is 4.31 Å². The zero-order valence-electron chi connectivity index (χ0n) is 15.6. The van der Waals surface area contributed by atoms with E-state index in [1.54, 1.807) is 0 Å². The zero-order chi connectivity index (χ0) is 20.1. The van der Waals surface area contributed by atoms with Crippen molar-refractivity contribution in [2.24, 2.45) is 0 Å². The fourth-order valence-electron chi connectivity index (χ4n) is 3.06. The molecule has 1 aliphatic carbocycles. The summed E-state index contributed by atoms with van der Waals surface area (Å²) in [6.45, 7) is 7.56. The number of nitrogens with one attached hydrogen (secondary N) is 1. The van der Waals surface area contributed by atoms with Crippen molar-refractivity contribution in [3.05, 3.63) is 65.7 Å². The lowest BCUT2D eigenvalue weighted by molar-refractivity contribution is 0.102. The third kappa shape index (κ3) is 4.40. The standard InChI is InChI=1S/C20H23N3O3S2/c1-3-13-23(14-4-2)28(25,26)16-11-9-15(10-12-16)19(24)22-20-21-17-7-5-6-8-18(17)27-20/h3-4,9-12H,1-2,5-8,13-14H2,(H,21,22,24). The first-order valence-electron chi connectivity index (χ1n) is 9.07. The summed E-state index contributed by atoms with van der Waals surface area (Å²) in [4.78, 5) is 18.4. The van der Waals surface area contributed by atoms with Crippen molar-refractivity contribution < 1.29 is 13.2 Å². The van der Waals surface area contributed by atoms with E-state index in [1.807, 2.05) is 0 Å². The van der Waals surface area contributed by atoms with Crippen LogP contribution in [0.3, 0.4) is 0 Å². The smallest absolute Gasteiger partial charge is 0.257 e. The average molecular weight is 418 g/mol. The van der Waals surface area contributed by atoms with Gasteiger partial charge in [0, 0.05) is 23.5 Å². The molecule has 8 heteroatoms. The van der Waals surface area contributed by atoms with Crippen LogP contribution in [0.5, 0.6) is 0 Å². The molecule has 0 fully saturated rings. The number of fused-ring (bicyclic) bond motifs is 1. The molecular weight excluding hydrogens is 394 g/mol. The summed E-state index contributed by atoms with van der Waals surface area (Å²) >= 11 is 1.52. The van der Waals surface area contributed by atoms with Crippen molar-refractivity contribution in [1.82, 2.24) is 9.29 Å². The molecule has 1 aliphatic rings. The molecular formula is C20H23N3O3S2. The lowest BCUT2D eigenvalue weighted by atomic mass is 10.0. The number of aryl methyl sites for hydroxylation is 2. The number of rotatable bonds is 8. The van der Waals surface area contributed by atoms with Crippen LogP contribution < -0.4 is 5.32 Å². The maximum absolute atomic E-state index is 12.7. The summed E-state index contributed by atoms with van der Waals surface area (Å²) < 4.78 is 26.7. The average Bonchev–Trinajstić information content (AvgIpc) is 3.10. The van der Waals surface area contributed by atoms with Gasteiger partial charge in [-0.15, -0.1) is 24.5 Å². The molecule has 1 N–H and O–H groups in total. The number of amides is 1. The van der Waals surface area contributed by atoms with Crippen LogP contribution in [0, 0.1) is 0 Å². The van der Waals surface area contributed by atoms with E-state index in [9.17, 15) is 13.2 Å². The number of carbonyl (C=O) groups is 1. The second-order valence-corrected chi connectivity index (χ2v) is 9.50. The Morgan fingerprint density at radius 2 is 1.79 bits per heavy atom. The molecule has 2 aromatic rings. The van der Waals surface area contributed by atoms with Crippen LogP contribution in [0.25, 0.3) is 0 Å². The minimum Gasteiger partial charge on any atom is -0.298 e. The molecule has 1 heterocycles. The quantitative estimate of drug-likeness (QED) is 0.665. The van der Waals surface area contributed by atoms with Gasteiger partial charge in [0.05, 0.1) is 10.6 Å². The lowest BCUT2D eigenvalue weighted by Gasteiger charge is -2.19. The molecule has 148 valence electrons. The molecule has 0 spiro atoms. The SMILES string of the molecule is C=CCN(CC=C)S(=O)(=O)c1ccc(C(=O)Nc2nc3c(s2)CCCC3)cc1. The second-order valence-electron chi connectivity index (χ2n) is 6.47. The van der Waals surface area contributed by atoms with E-state index in [0.717, 1.165) is 31.4 Å². The summed E-state index contributed by atoms with van der Waals surface area (Å²) in [6, 6.07) is 5.90. The Balaban J connectivity index is 1.74. The summed E-state index contributed by atoms with van der Waals surface area (Å²) in [5.41, 5.74) is 1.46. The molecule has 0 unspecified atom stereocenters. The Kier molecular flexibility index (Phi) is 6.43. The Bertz CT molecular complexity index is 945.